The van der Waals surface area contributed by atoms with Crippen molar-refractivity contribution >= 4 is 48.4 Å². The van der Waals surface area contributed by atoms with Crippen LogP contribution in [-0.2, 0) is 26.9 Å². The molecule has 0 fully saturated rings. The lowest BCUT2D eigenvalue weighted by molar-refractivity contribution is -0.116. The zero-order chi connectivity index (χ0) is 18.9. The van der Waals surface area contributed by atoms with Gasteiger partial charge in [-0.2, -0.15) is 0 Å². The fraction of sp³-hybridized carbons (Fsp3) is 0.222. The number of nitrogens with one attached hydrogen (secondary N) is 1. The summed E-state index contributed by atoms with van der Waals surface area (Å²) in [4.78, 5) is 16.9. The van der Waals surface area contributed by atoms with Crippen molar-refractivity contribution in [2.24, 2.45) is 0 Å². The second-order valence-electron chi connectivity index (χ2n) is 6.19. The molecule has 8 heteroatoms. The highest BCUT2D eigenvalue weighted by Gasteiger charge is 2.17. The summed E-state index contributed by atoms with van der Waals surface area (Å²) < 4.78 is 26.0. The number of hydrogen-bond acceptors (Lipinski definition) is 4. The lowest BCUT2D eigenvalue weighted by atomic mass is 10.2. The SMILES string of the molecule is Cc1cc(NC(=O)Cn2c(CS(C)(=O)=O)nc3ccccc32)ccc1Br. The van der Waals surface area contributed by atoms with Crippen LogP contribution in [0.25, 0.3) is 11.0 Å². The Bertz CT molecular complexity index is 1090. The molecule has 0 bridgehead atoms. The molecule has 0 aliphatic heterocycles. The Balaban J connectivity index is 1.90. The van der Waals surface area contributed by atoms with E-state index in [-0.39, 0.29) is 18.2 Å². The summed E-state index contributed by atoms with van der Waals surface area (Å²) in [5, 5.41) is 2.85. The third-order valence-corrected chi connectivity index (χ3v) is 5.54. The summed E-state index contributed by atoms with van der Waals surface area (Å²) in [6.07, 6.45) is 1.15. The van der Waals surface area contributed by atoms with Gasteiger partial charge in [0.15, 0.2) is 9.84 Å². The van der Waals surface area contributed by atoms with Gasteiger partial charge in [-0.25, -0.2) is 13.4 Å². The first-order chi connectivity index (χ1) is 12.2. The first kappa shape index (κ1) is 18.6. The highest BCUT2D eigenvalue weighted by atomic mass is 79.9. The van der Waals surface area contributed by atoms with Gasteiger partial charge in [-0.1, -0.05) is 28.1 Å². The van der Waals surface area contributed by atoms with Crippen LogP contribution in [0.15, 0.2) is 46.9 Å². The van der Waals surface area contributed by atoms with E-state index in [2.05, 4.69) is 26.2 Å². The van der Waals surface area contributed by atoms with Crippen molar-refractivity contribution in [2.45, 2.75) is 19.2 Å². The van der Waals surface area contributed by atoms with Gasteiger partial charge in [-0.15, -0.1) is 0 Å². The van der Waals surface area contributed by atoms with Crippen LogP contribution in [0, 0.1) is 6.92 Å². The molecular weight excluding hydrogens is 418 g/mol. The summed E-state index contributed by atoms with van der Waals surface area (Å²) in [5.41, 5.74) is 3.09. The fourth-order valence-corrected chi connectivity index (χ4v) is 3.65. The minimum Gasteiger partial charge on any atom is -0.325 e. The second-order valence-corrected chi connectivity index (χ2v) is 9.18. The molecule has 1 aromatic heterocycles. The van der Waals surface area contributed by atoms with Gasteiger partial charge in [0.2, 0.25) is 5.91 Å². The molecule has 3 aromatic rings. The number of halogens is 1. The van der Waals surface area contributed by atoms with Gasteiger partial charge in [0, 0.05) is 16.4 Å². The van der Waals surface area contributed by atoms with Crippen LogP contribution in [0.4, 0.5) is 5.69 Å². The molecule has 26 heavy (non-hydrogen) atoms. The number of nitrogens with zero attached hydrogens (tertiary/aromatic N) is 2. The third kappa shape index (κ3) is 4.31. The molecule has 0 spiro atoms. The highest BCUT2D eigenvalue weighted by molar-refractivity contribution is 9.10. The number of anilines is 1. The van der Waals surface area contributed by atoms with Gasteiger partial charge in [-0.05, 0) is 42.8 Å². The second kappa shape index (κ2) is 7.20. The van der Waals surface area contributed by atoms with Crippen molar-refractivity contribution < 1.29 is 13.2 Å². The molecule has 1 heterocycles. The molecule has 0 unspecified atom stereocenters. The van der Waals surface area contributed by atoms with Crippen molar-refractivity contribution in [1.29, 1.82) is 0 Å². The molecule has 136 valence electrons. The van der Waals surface area contributed by atoms with Crippen molar-refractivity contribution in [3.05, 3.63) is 58.3 Å². The Morgan fingerprint density at radius 3 is 2.65 bits per heavy atom. The zero-order valence-electron chi connectivity index (χ0n) is 14.4. The molecule has 0 saturated carbocycles. The maximum atomic E-state index is 12.5. The Kier molecular flexibility index (Phi) is 5.15. The number of carbonyl (C=O) groups excluding carboxylic acids is 1. The van der Waals surface area contributed by atoms with E-state index in [0.717, 1.165) is 21.8 Å². The van der Waals surface area contributed by atoms with E-state index in [1.54, 1.807) is 16.7 Å². The van der Waals surface area contributed by atoms with Crippen molar-refractivity contribution in [3.63, 3.8) is 0 Å². The van der Waals surface area contributed by atoms with Crippen LogP contribution in [-0.4, -0.2) is 30.1 Å². The van der Waals surface area contributed by atoms with E-state index >= 15 is 0 Å². The number of carbonyl (C=O) groups is 1. The summed E-state index contributed by atoms with van der Waals surface area (Å²) in [6.45, 7) is 1.92. The Morgan fingerprint density at radius 1 is 1.23 bits per heavy atom. The molecule has 0 atom stereocenters. The predicted molar refractivity (Wildman–Crippen MR) is 106 cm³/mol. The quantitative estimate of drug-likeness (QED) is 0.666. The molecule has 1 N–H and O–H groups in total. The van der Waals surface area contributed by atoms with Gasteiger partial charge in [0.25, 0.3) is 0 Å². The predicted octanol–water partition coefficient (Wildman–Crippen LogP) is 3.29. The highest BCUT2D eigenvalue weighted by Crippen LogP contribution is 2.21. The number of hydrogen-bond donors (Lipinski definition) is 1. The lowest BCUT2D eigenvalue weighted by Crippen LogP contribution is -2.21. The van der Waals surface area contributed by atoms with Gasteiger partial charge in [-0.3, -0.25) is 4.79 Å². The standard InChI is InChI=1S/C18H18BrN3O3S/c1-12-9-13(7-8-14(12)19)20-18(23)10-22-16-6-4-3-5-15(16)21-17(22)11-26(2,24)25/h3-9H,10-11H2,1-2H3,(H,20,23). The molecule has 0 aliphatic carbocycles. The van der Waals surface area contributed by atoms with Crippen LogP contribution >= 0.6 is 15.9 Å². The molecule has 0 saturated heterocycles. The molecule has 6 nitrogen and oxygen atoms in total. The number of aryl methyl sites for hydroxylation is 1. The number of rotatable bonds is 5. The molecule has 2 aromatic carbocycles. The van der Waals surface area contributed by atoms with Crippen LogP contribution < -0.4 is 5.32 Å². The summed E-state index contributed by atoms with van der Waals surface area (Å²) in [5.74, 6) is -0.104. The summed E-state index contributed by atoms with van der Waals surface area (Å²) >= 11 is 3.43. The molecule has 3 rings (SSSR count). The smallest absolute Gasteiger partial charge is 0.244 e. The lowest BCUT2D eigenvalue weighted by Gasteiger charge is -2.10. The van der Waals surface area contributed by atoms with Crippen LogP contribution in [0.5, 0.6) is 0 Å². The minimum atomic E-state index is -3.27. The number of benzene rings is 2. The minimum absolute atomic E-state index is 0.0134. The maximum absolute atomic E-state index is 12.5. The van der Waals surface area contributed by atoms with Crippen molar-refractivity contribution in [3.8, 4) is 0 Å². The first-order valence-corrected chi connectivity index (χ1v) is 10.8. The van der Waals surface area contributed by atoms with Gasteiger partial charge in [0.05, 0.1) is 11.0 Å². The number of aromatic nitrogens is 2. The number of imidazole rings is 1. The van der Waals surface area contributed by atoms with Gasteiger partial charge in [0.1, 0.15) is 18.1 Å². The van der Waals surface area contributed by atoms with E-state index in [1.807, 2.05) is 37.3 Å². The zero-order valence-corrected chi connectivity index (χ0v) is 16.8. The number of para-hydroxylation sites is 2. The molecule has 0 aliphatic rings. The normalized spacial score (nSPS) is 11.7. The summed E-state index contributed by atoms with van der Waals surface area (Å²) in [6, 6.07) is 12.8. The summed E-state index contributed by atoms with van der Waals surface area (Å²) in [7, 11) is -3.27. The van der Waals surface area contributed by atoms with E-state index in [1.165, 1.54) is 0 Å². The Hall–Kier alpha value is -2.19. The average molecular weight is 436 g/mol. The monoisotopic (exact) mass is 435 g/mol. The Labute approximate surface area is 160 Å². The van der Waals surface area contributed by atoms with Gasteiger partial charge < -0.3 is 9.88 Å². The van der Waals surface area contributed by atoms with E-state index in [0.29, 0.717) is 17.0 Å². The molecular formula is C18H18BrN3O3S. The van der Waals surface area contributed by atoms with Crippen molar-refractivity contribution in [2.75, 3.05) is 11.6 Å². The third-order valence-electron chi connectivity index (χ3n) is 3.87. The number of amides is 1. The van der Waals surface area contributed by atoms with Gasteiger partial charge >= 0.3 is 0 Å². The van der Waals surface area contributed by atoms with E-state index in [9.17, 15) is 13.2 Å². The van der Waals surface area contributed by atoms with E-state index in [4.69, 9.17) is 0 Å². The topological polar surface area (TPSA) is 81.1 Å². The van der Waals surface area contributed by atoms with Crippen molar-refractivity contribution in [1.82, 2.24) is 9.55 Å². The average Bonchev–Trinajstić information content (AvgIpc) is 2.86. The first-order valence-electron chi connectivity index (χ1n) is 7.91. The van der Waals surface area contributed by atoms with E-state index < -0.39 is 9.84 Å². The maximum Gasteiger partial charge on any atom is 0.244 e. The largest absolute Gasteiger partial charge is 0.325 e. The Morgan fingerprint density at radius 2 is 1.96 bits per heavy atom. The number of fused-ring (bicyclic) bond motifs is 1. The molecule has 1 amide bonds. The fourth-order valence-electron chi connectivity index (χ4n) is 2.71. The van der Waals surface area contributed by atoms with Crippen LogP contribution in [0.1, 0.15) is 11.4 Å². The number of sulfone groups is 1. The molecule has 0 radical (unpaired) electrons. The van der Waals surface area contributed by atoms with Crippen LogP contribution in [0.3, 0.4) is 0 Å². The van der Waals surface area contributed by atoms with Crippen LogP contribution in [0.2, 0.25) is 0 Å².